The van der Waals surface area contributed by atoms with Gasteiger partial charge in [-0.15, -0.1) is 0 Å². The number of aromatic nitrogens is 2. The van der Waals surface area contributed by atoms with Gasteiger partial charge in [0.05, 0.1) is 24.7 Å². The number of aliphatic hydroxyl groups excluding tert-OH is 1. The Hall–Kier alpha value is -3.55. The molecule has 3 aromatic carbocycles. The van der Waals surface area contributed by atoms with Crippen LogP contribution in [0.4, 0.5) is 5.69 Å². The second kappa shape index (κ2) is 9.98. The predicted molar refractivity (Wildman–Crippen MR) is 135 cm³/mol. The van der Waals surface area contributed by atoms with Crippen molar-refractivity contribution in [2.24, 2.45) is 0 Å². The topological polar surface area (TPSA) is 76.8 Å². The van der Waals surface area contributed by atoms with E-state index in [4.69, 9.17) is 26.1 Å². The summed E-state index contributed by atoms with van der Waals surface area (Å²) in [6, 6.07) is 22.3. The predicted octanol–water partition coefficient (Wildman–Crippen LogP) is 4.66. The van der Waals surface area contributed by atoms with Crippen LogP contribution in [0.25, 0.3) is 11.0 Å². The molecule has 7 nitrogen and oxygen atoms in total. The maximum atomic E-state index is 12.9. The molecule has 1 amide bonds. The highest BCUT2D eigenvalue weighted by Crippen LogP contribution is 2.33. The van der Waals surface area contributed by atoms with Gasteiger partial charge in [0.15, 0.2) is 0 Å². The average Bonchev–Trinajstić information content (AvgIpc) is 3.44. The molecule has 0 radical (unpaired) electrons. The number of halogens is 1. The van der Waals surface area contributed by atoms with Crippen LogP contribution >= 0.6 is 11.6 Å². The van der Waals surface area contributed by atoms with Gasteiger partial charge in [0, 0.05) is 29.6 Å². The van der Waals surface area contributed by atoms with Crippen molar-refractivity contribution in [2.75, 3.05) is 25.2 Å². The van der Waals surface area contributed by atoms with Gasteiger partial charge in [-0.3, -0.25) is 4.79 Å². The average molecular weight is 492 g/mol. The highest BCUT2D eigenvalue weighted by Gasteiger charge is 2.35. The summed E-state index contributed by atoms with van der Waals surface area (Å²) in [5.41, 5.74) is 2.57. The van der Waals surface area contributed by atoms with Gasteiger partial charge in [0.1, 0.15) is 30.0 Å². The van der Waals surface area contributed by atoms with Crippen molar-refractivity contribution in [2.45, 2.75) is 25.0 Å². The Morgan fingerprint density at radius 3 is 2.51 bits per heavy atom. The second-order valence-electron chi connectivity index (χ2n) is 8.59. The van der Waals surface area contributed by atoms with Gasteiger partial charge < -0.3 is 24.0 Å². The summed E-state index contributed by atoms with van der Waals surface area (Å²) in [4.78, 5) is 19.5. The zero-order chi connectivity index (χ0) is 24.4. The Kier molecular flexibility index (Phi) is 6.61. The molecule has 0 unspecified atom stereocenters. The van der Waals surface area contributed by atoms with Crippen molar-refractivity contribution >= 4 is 34.2 Å². The van der Waals surface area contributed by atoms with E-state index in [0.29, 0.717) is 30.3 Å². The van der Waals surface area contributed by atoms with E-state index in [1.165, 1.54) is 0 Å². The minimum atomic E-state index is -0.766. The largest absolute Gasteiger partial charge is 0.497 e. The van der Waals surface area contributed by atoms with Crippen LogP contribution in [0.2, 0.25) is 5.02 Å². The van der Waals surface area contributed by atoms with Crippen molar-refractivity contribution in [3.8, 4) is 11.5 Å². The zero-order valence-electron chi connectivity index (χ0n) is 19.3. The molecule has 1 saturated heterocycles. The fourth-order valence-corrected chi connectivity index (χ4v) is 4.60. The molecule has 4 aromatic rings. The van der Waals surface area contributed by atoms with E-state index >= 15 is 0 Å². The van der Waals surface area contributed by atoms with E-state index in [-0.39, 0.29) is 18.4 Å². The third-order valence-electron chi connectivity index (χ3n) is 6.21. The Bertz CT molecular complexity index is 1320. The first-order valence-corrected chi connectivity index (χ1v) is 11.9. The Morgan fingerprint density at radius 1 is 1.06 bits per heavy atom. The summed E-state index contributed by atoms with van der Waals surface area (Å²) >= 11 is 6.02. The molecule has 1 aromatic heterocycles. The molecule has 0 spiro atoms. The first kappa shape index (κ1) is 23.2. The van der Waals surface area contributed by atoms with E-state index in [1.807, 2.05) is 53.1 Å². The number of hydrogen-bond acceptors (Lipinski definition) is 5. The molecule has 2 atom stereocenters. The van der Waals surface area contributed by atoms with Crippen molar-refractivity contribution < 1.29 is 19.4 Å². The number of para-hydroxylation sites is 2. The van der Waals surface area contributed by atoms with E-state index in [0.717, 1.165) is 28.3 Å². The third-order valence-corrected chi connectivity index (χ3v) is 6.46. The number of carbonyl (C=O) groups excluding carboxylic acids is 1. The van der Waals surface area contributed by atoms with Crippen molar-refractivity contribution in [1.29, 1.82) is 0 Å². The fourth-order valence-electron chi connectivity index (χ4n) is 4.48. The number of hydrogen-bond donors (Lipinski definition) is 1. The number of ether oxygens (including phenoxy) is 2. The normalized spacial score (nSPS) is 16.6. The number of anilines is 1. The molecule has 1 aliphatic rings. The van der Waals surface area contributed by atoms with E-state index < -0.39 is 6.10 Å². The lowest BCUT2D eigenvalue weighted by Gasteiger charge is -2.19. The number of imidazole rings is 1. The van der Waals surface area contributed by atoms with Gasteiger partial charge in [-0.2, -0.15) is 0 Å². The second-order valence-corrected chi connectivity index (χ2v) is 9.03. The lowest BCUT2D eigenvalue weighted by Crippen LogP contribution is -2.26. The summed E-state index contributed by atoms with van der Waals surface area (Å²) in [7, 11) is 1.61. The minimum Gasteiger partial charge on any atom is -0.497 e. The fraction of sp³-hybridized carbons (Fsp3) is 0.259. The number of fused-ring (bicyclic) bond motifs is 1. The molecule has 35 heavy (non-hydrogen) atoms. The number of carbonyl (C=O) groups is 1. The van der Waals surface area contributed by atoms with Crippen LogP contribution in [-0.2, 0) is 11.3 Å². The van der Waals surface area contributed by atoms with Crippen LogP contribution in [0.5, 0.6) is 11.5 Å². The summed E-state index contributed by atoms with van der Waals surface area (Å²) in [5, 5.41) is 11.5. The van der Waals surface area contributed by atoms with Gasteiger partial charge >= 0.3 is 0 Å². The van der Waals surface area contributed by atoms with Gasteiger partial charge in [-0.1, -0.05) is 23.7 Å². The molecular weight excluding hydrogens is 466 g/mol. The molecule has 2 heterocycles. The lowest BCUT2D eigenvalue weighted by atomic mass is 10.1. The van der Waals surface area contributed by atoms with E-state index in [9.17, 15) is 9.90 Å². The van der Waals surface area contributed by atoms with Crippen LogP contribution in [0.3, 0.4) is 0 Å². The monoisotopic (exact) mass is 491 g/mol. The molecular formula is C27H26ClN3O4. The summed E-state index contributed by atoms with van der Waals surface area (Å²) in [6.07, 6.45) is -0.414. The standard InChI is InChI=1S/C27H26ClN3O4/c1-34-22-10-12-23(13-11-22)35-17-21(32)16-31-25-5-3-2-4-24(25)29-27(31)18-14-26(33)30(15-18)20-8-6-19(28)7-9-20/h2-13,18,21,32H,14-17H2,1H3/t18-,21+/m1/s1. The van der Waals surface area contributed by atoms with Crippen LogP contribution in [0, 0.1) is 0 Å². The van der Waals surface area contributed by atoms with Crippen LogP contribution in [-0.4, -0.2) is 46.9 Å². The Labute approximate surface area is 208 Å². The summed E-state index contributed by atoms with van der Waals surface area (Å²) in [6.45, 7) is 0.943. The molecule has 5 rings (SSSR count). The van der Waals surface area contributed by atoms with E-state index in [1.54, 1.807) is 36.3 Å². The third kappa shape index (κ3) is 4.97. The minimum absolute atomic E-state index is 0.0410. The number of amides is 1. The van der Waals surface area contributed by atoms with Crippen LogP contribution in [0.1, 0.15) is 18.2 Å². The number of rotatable bonds is 8. The van der Waals surface area contributed by atoms with Gasteiger partial charge in [-0.25, -0.2) is 4.98 Å². The molecule has 1 aliphatic heterocycles. The summed E-state index contributed by atoms with van der Waals surface area (Å²) in [5.74, 6) is 2.13. The Balaban J connectivity index is 1.35. The molecule has 8 heteroatoms. The molecule has 1 fully saturated rings. The van der Waals surface area contributed by atoms with E-state index in [2.05, 4.69) is 0 Å². The summed E-state index contributed by atoms with van der Waals surface area (Å²) < 4.78 is 13.0. The molecule has 0 bridgehead atoms. The van der Waals surface area contributed by atoms with Gasteiger partial charge in [0.25, 0.3) is 0 Å². The highest BCUT2D eigenvalue weighted by molar-refractivity contribution is 6.30. The SMILES string of the molecule is COc1ccc(OC[C@@H](O)Cn2c([C@@H]3CC(=O)N(c4ccc(Cl)cc4)C3)nc3ccccc32)cc1. The quantitative estimate of drug-likeness (QED) is 0.388. The first-order valence-electron chi connectivity index (χ1n) is 11.5. The highest BCUT2D eigenvalue weighted by atomic mass is 35.5. The van der Waals surface area contributed by atoms with Gasteiger partial charge in [-0.05, 0) is 60.7 Å². The maximum absolute atomic E-state index is 12.9. The number of aliphatic hydroxyl groups is 1. The van der Waals surface area contributed by atoms with Crippen molar-refractivity contribution in [3.63, 3.8) is 0 Å². The van der Waals surface area contributed by atoms with Gasteiger partial charge in [0.2, 0.25) is 5.91 Å². The molecule has 180 valence electrons. The van der Waals surface area contributed by atoms with Crippen LogP contribution in [0.15, 0.2) is 72.8 Å². The number of methoxy groups -OCH3 is 1. The first-order chi connectivity index (χ1) is 17.0. The zero-order valence-corrected chi connectivity index (χ0v) is 20.1. The number of nitrogens with zero attached hydrogens (tertiary/aromatic N) is 3. The molecule has 1 N–H and O–H groups in total. The van der Waals surface area contributed by atoms with Crippen molar-refractivity contribution in [3.05, 3.63) is 83.6 Å². The smallest absolute Gasteiger partial charge is 0.227 e. The Morgan fingerprint density at radius 2 is 1.77 bits per heavy atom. The number of benzene rings is 3. The van der Waals surface area contributed by atoms with Crippen LogP contribution < -0.4 is 14.4 Å². The maximum Gasteiger partial charge on any atom is 0.227 e. The van der Waals surface area contributed by atoms with Crippen molar-refractivity contribution in [1.82, 2.24) is 9.55 Å². The lowest BCUT2D eigenvalue weighted by molar-refractivity contribution is -0.117. The molecule has 0 aliphatic carbocycles. The molecule has 0 saturated carbocycles.